The molecule has 1 heterocycles. The second-order valence-electron chi connectivity index (χ2n) is 6.36. The predicted molar refractivity (Wildman–Crippen MR) is 73.2 cm³/mol. The smallest absolute Gasteiger partial charge is 0.0641 e. The van der Waals surface area contributed by atoms with E-state index in [9.17, 15) is 0 Å². The van der Waals surface area contributed by atoms with Crippen molar-refractivity contribution in [2.24, 2.45) is 0 Å². The molecule has 1 fully saturated rings. The van der Waals surface area contributed by atoms with Crippen LogP contribution in [0.15, 0.2) is 0 Å². The molecule has 0 atom stereocenters. The molecule has 18 heavy (non-hydrogen) atoms. The Kier molecular flexibility index (Phi) is 5.15. The Bertz CT molecular complexity index is 295. The molecule has 4 nitrogen and oxygen atoms in total. The van der Waals surface area contributed by atoms with Gasteiger partial charge in [-0.25, -0.2) is 0 Å². The Balaban J connectivity index is 2.71. The summed E-state index contributed by atoms with van der Waals surface area (Å²) >= 11 is 0. The molecule has 0 aliphatic carbocycles. The van der Waals surface area contributed by atoms with Crippen molar-refractivity contribution in [2.75, 3.05) is 33.3 Å². The third-order valence-corrected chi connectivity index (χ3v) is 4.30. The number of β-amino-alcohol motifs (C(OH)–C–C–N with tert-alkyl or cyclic N) is 1. The first-order chi connectivity index (χ1) is 8.35. The van der Waals surface area contributed by atoms with Gasteiger partial charge in [0.15, 0.2) is 0 Å². The average Bonchev–Trinajstić information content (AvgIpc) is 2.29. The SMILES string of the molecule is CN(CCO)C1(CC#N)CCN(C(C)(C)C)CC1. The van der Waals surface area contributed by atoms with Crippen molar-refractivity contribution in [3.8, 4) is 6.07 Å². The van der Waals surface area contributed by atoms with E-state index in [1.807, 2.05) is 7.05 Å². The van der Waals surface area contributed by atoms with E-state index < -0.39 is 0 Å². The molecule has 0 spiro atoms. The van der Waals surface area contributed by atoms with Crippen LogP contribution >= 0.6 is 0 Å². The molecule has 1 N–H and O–H groups in total. The number of rotatable bonds is 4. The number of hydrogen-bond donors (Lipinski definition) is 1. The van der Waals surface area contributed by atoms with Crippen molar-refractivity contribution in [3.63, 3.8) is 0 Å². The summed E-state index contributed by atoms with van der Waals surface area (Å²) in [5.41, 5.74) is 0.160. The van der Waals surface area contributed by atoms with Crippen LogP contribution in [-0.4, -0.2) is 59.3 Å². The third kappa shape index (κ3) is 3.44. The van der Waals surface area contributed by atoms with Crippen LogP contribution in [-0.2, 0) is 0 Å². The van der Waals surface area contributed by atoms with Crippen molar-refractivity contribution >= 4 is 0 Å². The molecule has 0 saturated carbocycles. The molecule has 0 amide bonds. The van der Waals surface area contributed by atoms with Gasteiger partial charge < -0.3 is 5.11 Å². The van der Waals surface area contributed by atoms with E-state index in [1.165, 1.54) is 0 Å². The lowest BCUT2D eigenvalue weighted by molar-refractivity contribution is 0.00246. The standard InChI is InChI=1S/C14H27N3O/c1-13(2,3)17-9-6-14(5-8-15,7-10-17)16(4)11-12-18/h18H,5-7,9-12H2,1-4H3. The van der Waals surface area contributed by atoms with E-state index in [4.69, 9.17) is 10.4 Å². The molecule has 0 aromatic heterocycles. The first kappa shape index (κ1) is 15.4. The van der Waals surface area contributed by atoms with Crippen LogP contribution in [0.25, 0.3) is 0 Å². The van der Waals surface area contributed by atoms with Gasteiger partial charge >= 0.3 is 0 Å². The number of hydrogen-bond acceptors (Lipinski definition) is 4. The van der Waals surface area contributed by atoms with Crippen molar-refractivity contribution < 1.29 is 5.11 Å². The largest absolute Gasteiger partial charge is 0.395 e. The summed E-state index contributed by atoms with van der Waals surface area (Å²) in [7, 11) is 2.03. The third-order valence-electron chi connectivity index (χ3n) is 4.30. The zero-order chi connectivity index (χ0) is 13.8. The van der Waals surface area contributed by atoms with Gasteiger partial charge in [-0.1, -0.05) is 0 Å². The number of aliphatic hydroxyl groups is 1. The molecule has 104 valence electrons. The van der Waals surface area contributed by atoms with Gasteiger partial charge in [0, 0.05) is 30.7 Å². The van der Waals surface area contributed by atoms with Gasteiger partial charge in [0.2, 0.25) is 0 Å². The molecule has 0 aromatic carbocycles. The number of aliphatic hydroxyl groups excluding tert-OH is 1. The first-order valence-corrected chi connectivity index (χ1v) is 6.80. The number of nitrogens with zero attached hydrogens (tertiary/aromatic N) is 3. The Hall–Kier alpha value is -0.630. The van der Waals surface area contributed by atoms with Crippen LogP contribution in [0.2, 0.25) is 0 Å². The fourth-order valence-corrected chi connectivity index (χ4v) is 2.82. The van der Waals surface area contributed by atoms with Crippen LogP contribution in [0.1, 0.15) is 40.0 Å². The lowest BCUT2D eigenvalue weighted by Gasteiger charge is -2.49. The lowest BCUT2D eigenvalue weighted by atomic mass is 9.82. The van der Waals surface area contributed by atoms with Crippen molar-refractivity contribution in [1.29, 1.82) is 5.26 Å². The van der Waals surface area contributed by atoms with Crippen LogP contribution < -0.4 is 0 Å². The summed E-state index contributed by atoms with van der Waals surface area (Å²) in [6.45, 7) is 9.58. The highest BCUT2D eigenvalue weighted by molar-refractivity contribution is 5.01. The molecule has 1 aliphatic heterocycles. The monoisotopic (exact) mass is 253 g/mol. The number of likely N-dealkylation sites (tertiary alicyclic amines) is 1. The average molecular weight is 253 g/mol. The maximum atomic E-state index is 9.10. The molecule has 1 aliphatic rings. The predicted octanol–water partition coefficient (Wildman–Crippen LogP) is 1.46. The highest BCUT2D eigenvalue weighted by Crippen LogP contribution is 2.33. The molecule has 1 saturated heterocycles. The van der Waals surface area contributed by atoms with Crippen molar-refractivity contribution in [3.05, 3.63) is 0 Å². The van der Waals surface area contributed by atoms with E-state index in [1.54, 1.807) is 0 Å². The molecule has 0 radical (unpaired) electrons. The van der Waals surface area contributed by atoms with Crippen LogP contribution in [0.5, 0.6) is 0 Å². The Morgan fingerprint density at radius 3 is 2.28 bits per heavy atom. The molecule has 0 unspecified atom stereocenters. The summed E-state index contributed by atoms with van der Waals surface area (Å²) in [5.74, 6) is 0. The topological polar surface area (TPSA) is 50.5 Å². The van der Waals surface area contributed by atoms with Crippen LogP contribution in [0, 0.1) is 11.3 Å². The molecular formula is C14H27N3O. The minimum Gasteiger partial charge on any atom is -0.395 e. The number of piperidine rings is 1. The van der Waals surface area contributed by atoms with Crippen molar-refractivity contribution in [1.82, 2.24) is 9.80 Å². The molecule has 0 bridgehead atoms. The molecule has 0 aromatic rings. The fourth-order valence-electron chi connectivity index (χ4n) is 2.82. The highest BCUT2D eigenvalue weighted by Gasteiger charge is 2.39. The zero-order valence-electron chi connectivity index (χ0n) is 12.2. The lowest BCUT2D eigenvalue weighted by Crippen LogP contribution is -2.57. The van der Waals surface area contributed by atoms with E-state index in [0.29, 0.717) is 13.0 Å². The Morgan fingerprint density at radius 1 is 1.33 bits per heavy atom. The minimum atomic E-state index is -0.0424. The Labute approximate surface area is 111 Å². The summed E-state index contributed by atoms with van der Waals surface area (Å²) < 4.78 is 0. The van der Waals surface area contributed by atoms with Gasteiger partial charge in [-0.2, -0.15) is 5.26 Å². The highest BCUT2D eigenvalue weighted by atomic mass is 16.3. The maximum Gasteiger partial charge on any atom is 0.0641 e. The fraction of sp³-hybridized carbons (Fsp3) is 0.929. The van der Waals surface area contributed by atoms with Crippen LogP contribution in [0.4, 0.5) is 0 Å². The van der Waals surface area contributed by atoms with E-state index >= 15 is 0 Å². The zero-order valence-corrected chi connectivity index (χ0v) is 12.2. The van der Waals surface area contributed by atoms with Gasteiger partial charge in [-0.15, -0.1) is 0 Å². The van der Waals surface area contributed by atoms with E-state index in [2.05, 4.69) is 36.6 Å². The molecular weight excluding hydrogens is 226 g/mol. The van der Waals surface area contributed by atoms with Gasteiger partial charge in [0.05, 0.1) is 19.1 Å². The second-order valence-corrected chi connectivity index (χ2v) is 6.36. The summed E-state index contributed by atoms with van der Waals surface area (Å²) in [4.78, 5) is 4.66. The minimum absolute atomic E-state index is 0.0424. The van der Waals surface area contributed by atoms with Gasteiger partial charge in [0.25, 0.3) is 0 Å². The Morgan fingerprint density at radius 2 is 1.89 bits per heavy atom. The quantitative estimate of drug-likeness (QED) is 0.824. The van der Waals surface area contributed by atoms with Crippen LogP contribution in [0.3, 0.4) is 0 Å². The normalized spacial score (nSPS) is 20.9. The van der Waals surface area contributed by atoms with E-state index in [0.717, 1.165) is 25.9 Å². The summed E-state index contributed by atoms with van der Waals surface area (Å²) in [6, 6.07) is 2.33. The number of nitriles is 1. The first-order valence-electron chi connectivity index (χ1n) is 6.80. The van der Waals surface area contributed by atoms with Crippen molar-refractivity contribution in [2.45, 2.75) is 51.1 Å². The molecule has 1 rings (SSSR count). The second kappa shape index (κ2) is 6.01. The summed E-state index contributed by atoms with van der Waals surface area (Å²) in [5, 5.41) is 18.2. The molecule has 4 heteroatoms. The maximum absolute atomic E-state index is 9.10. The van der Waals surface area contributed by atoms with Gasteiger partial charge in [0.1, 0.15) is 0 Å². The van der Waals surface area contributed by atoms with Gasteiger partial charge in [-0.3, -0.25) is 9.80 Å². The van der Waals surface area contributed by atoms with Gasteiger partial charge in [-0.05, 0) is 40.7 Å². The van der Waals surface area contributed by atoms with E-state index in [-0.39, 0.29) is 17.7 Å². The summed E-state index contributed by atoms with van der Waals surface area (Å²) in [6.07, 6.45) is 2.57. The number of likely N-dealkylation sites (N-methyl/N-ethyl adjacent to an activating group) is 1.